The van der Waals surface area contributed by atoms with Crippen LogP contribution in [0.3, 0.4) is 0 Å². The van der Waals surface area contributed by atoms with Crippen LogP contribution in [-0.2, 0) is 4.84 Å². The van der Waals surface area contributed by atoms with E-state index in [4.69, 9.17) is 9.57 Å². The molecule has 2 rings (SSSR count). The Morgan fingerprint density at radius 2 is 2.17 bits per heavy atom. The Morgan fingerprint density at radius 1 is 1.44 bits per heavy atom. The normalized spacial score (nSPS) is 20.2. The van der Waals surface area contributed by atoms with E-state index >= 15 is 0 Å². The number of aliphatic hydroxyl groups is 1. The zero-order chi connectivity index (χ0) is 13.0. The quantitative estimate of drug-likeness (QED) is 0.871. The molecule has 0 saturated heterocycles. The summed E-state index contributed by atoms with van der Waals surface area (Å²) in [5, 5.41) is 13.7. The molecule has 1 N–H and O–H groups in total. The highest BCUT2D eigenvalue weighted by molar-refractivity contribution is 6.01. The highest BCUT2D eigenvalue weighted by atomic mass is 16.6. The Bertz CT molecular complexity index is 414. The van der Waals surface area contributed by atoms with Gasteiger partial charge in [-0.25, -0.2) is 0 Å². The van der Waals surface area contributed by atoms with Crippen molar-refractivity contribution in [1.82, 2.24) is 0 Å². The molecule has 0 aromatic heterocycles. The Labute approximate surface area is 107 Å². The van der Waals surface area contributed by atoms with Gasteiger partial charge < -0.3 is 14.7 Å². The summed E-state index contributed by atoms with van der Waals surface area (Å²) in [4.78, 5) is 5.35. The van der Waals surface area contributed by atoms with Gasteiger partial charge in [0.2, 0.25) is 0 Å². The van der Waals surface area contributed by atoms with Crippen molar-refractivity contribution < 1.29 is 14.7 Å². The highest BCUT2D eigenvalue weighted by Crippen LogP contribution is 2.22. The van der Waals surface area contributed by atoms with E-state index in [1.807, 2.05) is 31.2 Å². The SMILES string of the molecule is CCC(O)CC1CC(c2ccc(OC)cc2)=NO1. The van der Waals surface area contributed by atoms with E-state index in [0.29, 0.717) is 6.42 Å². The lowest BCUT2D eigenvalue weighted by Gasteiger charge is -2.11. The Kier molecular flexibility index (Phi) is 4.20. The lowest BCUT2D eigenvalue weighted by Crippen LogP contribution is -2.17. The maximum atomic E-state index is 9.60. The number of ether oxygens (including phenoxy) is 1. The van der Waals surface area contributed by atoms with Gasteiger partial charge in [-0.1, -0.05) is 12.1 Å². The van der Waals surface area contributed by atoms with Crippen molar-refractivity contribution >= 4 is 5.71 Å². The summed E-state index contributed by atoms with van der Waals surface area (Å²) in [7, 11) is 1.65. The van der Waals surface area contributed by atoms with Crippen LogP contribution in [0.2, 0.25) is 0 Å². The third-order valence-electron chi connectivity index (χ3n) is 3.16. The summed E-state index contributed by atoms with van der Waals surface area (Å²) in [5.41, 5.74) is 1.98. The molecule has 0 saturated carbocycles. The first kappa shape index (κ1) is 12.9. The van der Waals surface area contributed by atoms with Crippen LogP contribution in [-0.4, -0.2) is 30.1 Å². The summed E-state index contributed by atoms with van der Waals surface area (Å²) in [6, 6.07) is 7.76. The first-order valence-corrected chi connectivity index (χ1v) is 6.28. The van der Waals surface area contributed by atoms with Crippen molar-refractivity contribution in [1.29, 1.82) is 0 Å². The van der Waals surface area contributed by atoms with E-state index in [0.717, 1.165) is 29.9 Å². The monoisotopic (exact) mass is 249 g/mol. The lowest BCUT2D eigenvalue weighted by molar-refractivity contribution is 0.0357. The van der Waals surface area contributed by atoms with Crippen molar-refractivity contribution in [2.75, 3.05) is 7.11 Å². The summed E-state index contributed by atoms with van der Waals surface area (Å²) in [5.74, 6) is 0.830. The molecular weight excluding hydrogens is 230 g/mol. The second-order valence-corrected chi connectivity index (χ2v) is 4.50. The minimum Gasteiger partial charge on any atom is -0.497 e. The molecule has 0 bridgehead atoms. The second kappa shape index (κ2) is 5.87. The van der Waals surface area contributed by atoms with Crippen LogP contribution in [0, 0.1) is 0 Å². The van der Waals surface area contributed by atoms with Crippen molar-refractivity contribution in [2.24, 2.45) is 5.16 Å². The van der Waals surface area contributed by atoms with Crippen molar-refractivity contribution in [2.45, 2.75) is 38.4 Å². The number of aliphatic hydroxyl groups excluding tert-OH is 1. The van der Waals surface area contributed by atoms with Gasteiger partial charge in [-0.15, -0.1) is 0 Å². The molecule has 0 amide bonds. The Morgan fingerprint density at radius 3 is 2.78 bits per heavy atom. The average Bonchev–Trinajstić information content (AvgIpc) is 2.87. The van der Waals surface area contributed by atoms with Gasteiger partial charge in [-0.3, -0.25) is 0 Å². The molecule has 1 heterocycles. The molecule has 4 heteroatoms. The first-order chi connectivity index (χ1) is 8.72. The van der Waals surface area contributed by atoms with Gasteiger partial charge in [-0.05, 0) is 36.2 Å². The molecule has 0 spiro atoms. The Balaban J connectivity index is 1.95. The summed E-state index contributed by atoms with van der Waals surface area (Å²) >= 11 is 0. The summed E-state index contributed by atoms with van der Waals surface area (Å²) in [6.45, 7) is 1.96. The predicted octanol–water partition coefficient (Wildman–Crippen LogP) is 2.35. The van der Waals surface area contributed by atoms with Crippen LogP contribution in [0.15, 0.2) is 29.4 Å². The molecule has 1 aromatic carbocycles. The number of methoxy groups -OCH3 is 1. The fraction of sp³-hybridized carbons (Fsp3) is 0.500. The average molecular weight is 249 g/mol. The molecule has 0 radical (unpaired) electrons. The lowest BCUT2D eigenvalue weighted by atomic mass is 10.0. The van der Waals surface area contributed by atoms with Crippen LogP contribution in [0.1, 0.15) is 31.7 Å². The fourth-order valence-electron chi connectivity index (χ4n) is 1.98. The number of hydrogen-bond acceptors (Lipinski definition) is 4. The molecule has 1 aliphatic heterocycles. The number of rotatable bonds is 5. The van der Waals surface area contributed by atoms with E-state index in [1.54, 1.807) is 7.11 Å². The third kappa shape index (κ3) is 3.01. The Hall–Kier alpha value is -1.55. The largest absolute Gasteiger partial charge is 0.497 e. The molecule has 18 heavy (non-hydrogen) atoms. The van der Waals surface area contributed by atoms with Crippen LogP contribution in [0.4, 0.5) is 0 Å². The molecule has 98 valence electrons. The van der Waals surface area contributed by atoms with Crippen LogP contribution in [0.5, 0.6) is 5.75 Å². The van der Waals surface area contributed by atoms with Gasteiger partial charge in [0.15, 0.2) is 0 Å². The van der Waals surface area contributed by atoms with Gasteiger partial charge in [0.1, 0.15) is 11.9 Å². The van der Waals surface area contributed by atoms with Crippen LogP contribution < -0.4 is 4.74 Å². The van der Waals surface area contributed by atoms with Crippen molar-refractivity contribution in [3.05, 3.63) is 29.8 Å². The smallest absolute Gasteiger partial charge is 0.135 e. The number of nitrogens with zero attached hydrogens (tertiary/aromatic N) is 1. The van der Waals surface area contributed by atoms with E-state index in [1.165, 1.54) is 0 Å². The fourth-order valence-corrected chi connectivity index (χ4v) is 1.98. The minimum atomic E-state index is -0.305. The van der Waals surface area contributed by atoms with E-state index in [2.05, 4.69) is 5.16 Å². The van der Waals surface area contributed by atoms with Crippen LogP contribution >= 0.6 is 0 Å². The minimum absolute atomic E-state index is 0.00273. The van der Waals surface area contributed by atoms with E-state index in [9.17, 15) is 5.11 Å². The summed E-state index contributed by atoms with van der Waals surface area (Å²) < 4.78 is 5.12. The molecule has 4 nitrogen and oxygen atoms in total. The van der Waals surface area contributed by atoms with E-state index in [-0.39, 0.29) is 12.2 Å². The standard InChI is InChI=1S/C14H19NO3/c1-3-11(16)8-13-9-14(15-18-13)10-4-6-12(17-2)7-5-10/h4-7,11,13,16H,3,8-9H2,1-2H3. The van der Waals surface area contributed by atoms with Gasteiger partial charge in [0.25, 0.3) is 0 Å². The van der Waals surface area contributed by atoms with Gasteiger partial charge in [0.05, 0.1) is 18.9 Å². The maximum Gasteiger partial charge on any atom is 0.135 e. The first-order valence-electron chi connectivity index (χ1n) is 6.28. The van der Waals surface area contributed by atoms with Gasteiger partial charge >= 0.3 is 0 Å². The van der Waals surface area contributed by atoms with Crippen molar-refractivity contribution in [3.63, 3.8) is 0 Å². The highest BCUT2D eigenvalue weighted by Gasteiger charge is 2.24. The van der Waals surface area contributed by atoms with Gasteiger partial charge in [-0.2, -0.15) is 0 Å². The third-order valence-corrected chi connectivity index (χ3v) is 3.16. The number of hydrogen-bond donors (Lipinski definition) is 1. The zero-order valence-corrected chi connectivity index (χ0v) is 10.8. The molecule has 1 aromatic rings. The van der Waals surface area contributed by atoms with Crippen LogP contribution in [0.25, 0.3) is 0 Å². The van der Waals surface area contributed by atoms with E-state index < -0.39 is 0 Å². The summed E-state index contributed by atoms with van der Waals surface area (Å²) in [6.07, 6.45) is 1.83. The molecule has 1 aliphatic rings. The maximum absolute atomic E-state index is 9.60. The molecular formula is C14H19NO3. The topological polar surface area (TPSA) is 51.0 Å². The number of benzene rings is 1. The number of oxime groups is 1. The molecule has 2 atom stereocenters. The molecule has 2 unspecified atom stereocenters. The zero-order valence-electron chi connectivity index (χ0n) is 10.8. The van der Waals surface area contributed by atoms with Gasteiger partial charge in [0, 0.05) is 12.8 Å². The molecule has 0 fully saturated rings. The predicted molar refractivity (Wildman–Crippen MR) is 69.9 cm³/mol. The second-order valence-electron chi connectivity index (χ2n) is 4.50. The van der Waals surface area contributed by atoms with Crippen molar-refractivity contribution in [3.8, 4) is 5.75 Å². The molecule has 0 aliphatic carbocycles.